The third kappa shape index (κ3) is 3.86. The van der Waals surface area contributed by atoms with Crippen LogP contribution in [0.3, 0.4) is 0 Å². The van der Waals surface area contributed by atoms with Gasteiger partial charge >= 0.3 is 0 Å². The van der Waals surface area contributed by atoms with E-state index in [9.17, 15) is 4.79 Å². The van der Waals surface area contributed by atoms with E-state index in [1.165, 1.54) is 6.08 Å². The number of aliphatic hydroxyl groups excluding tert-OH is 1. The fourth-order valence-electron chi connectivity index (χ4n) is 2.04. The van der Waals surface area contributed by atoms with E-state index in [0.29, 0.717) is 13.1 Å². The molecule has 2 unspecified atom stereocenters. The molecule has 2 atom stereocenters. The van der Waals surface area contributed by atoms with Crippen LogP contribution >= 0.6 is 11.3 Å². The molecule has 2 rings (SSSR count). The zero-order chi connectivity index (χ0) is 13.8. The number of thiazole rings is 1. The van der Waals surface area contributed by atoms with Gasteiger partial charge in [-0.25, -0.2) is 4.98 Å². The largest absolute Gasteiger partial charge is 0.394 e. The summed E-state index contributed by atoms with van der Waals surface area (Å²) >= 11 is 1.56. The second-order valence-corrected chi connectivity index (χ2v) is 5.68. The number of ether oxygens (including phenoxy) is 1. The van der Waals surface area contributed by atoms with Crippen LogP contribution in [0, 0.1) is 6.92 Å². The highest BCUT2D eigenvalue weighted by molar-refractivity contribution is 7.09. The van der Waals surface area contributed by atoms with Crippen LogP contribution in [0.15, 0.2) is 11.5 Å². The number of aryl methyl sites for hydroxylation is 1. The van der Waals surface area contributed by atoms with Crippen molar-refractivity contribution in [2.75, 3.05) is 19.7 Å². The molecule has 1 aromatic heterocycles. The van der Waals surface area contributed by atoms with Gasteiger partial charge in [-0.05, 0) is 19.9 Å². The molecule has 1 amide bonds. The van der Waals surface area contributed by atoms with Crippen LogP contribution < -0.4 is 0 Å². The Labute approximate surface area is 116 Å². The molecule has 1 N–H and O–H groups in total. The quantitative estimate of drug-likeness (QED) is 0.843. The molecule has 0 radical (unpaired) electrons. The van der Waals surface area contributed by atoms with Crippen molar-refractivity contribution in [2.24, 2.45) is 0 Å². The van der Waals surface area contributed by atoms with Gasteiger partial charge in [-0.1, -0.05) is 0 Å². The number of carbonyl (C=O) groups excluding carboxylic acids is 1. The van der Waals surface area contributed by atoms with Crippen LogP contribution in [0.5, 0.6) is 0 Å². The number of carbonyl (C=O) groups is 1. The Morgan fingerprint density at radius 2 is 2.47 bits per heavy atom. The number of aliphatic hydroxyl groups is 1. The fraction of sp³-hybridized carbons (Fsp3) is 0.538. The number of amides is 1. The summed E-state index contributed by atoms with van der Waals surface area (Å²) in [6, 6.07) is 0. The predicted molar refractivity (Wildman–Crippen MR) is 73.9 cm³/mol. The maximum atomic E-state index is 12.1. The molecular weight excluding hydrogens is 264 g/mol. The summed E-state index contributed by atoms with van der Waals surface area (Å²) in [7, 11) is 0. The van der Waals surface area contributed by atoms with Gasteiger partial charge in [0.05, 0.1) is 29.5 Å². The van der Waals surface area contributed by atoms with Gasteiger partial charge < -0.3 is 14.7 Å². The first-order chi connectivity index (χ1) is 9.08. The van der Waals surface area contributed by atoms with E-state index in [1.54, 1.807) is 22.3 Å². The Balaban J connectivity index is 1.97. The number of aromatic nitrogens is 1. The Hall–Kier alpha value is -1.24. The summed E-state index contributed by atoms with van der Waals surface area (Å²) < 4.78 is 5.50. The zero-order valence-corrected chi connectivity index (χ0v) is 11.9. The van der Waals surface area contributed by atoms with E-state index in [1.807, 2.05) is 19.2 Å². The average Bonchev–Trinajstić information content (AvgIpc) is 2.81. The molecule has 2 heterocycles. The standard InChI is InChI=1S/C13H18N2O3S/c1-9-5-15(6-12(7-16)18-9)13(17)4-3-11-8-19-10(2)14-11/h3-4,8-9,12,16H,5-7H2,1-2H3/b4-3+. The molecule has 1 saturated heterocycles. The Morgan fingerprint density at radius 3 is 3.11 bits per heavy atom. The lowest BCUT2D eigenvalue weighted by molar-refractivity contribution is -0.142. The van der Waals surface area contributed by atoms with Crippen LogP contribution in [0.2, 0.25) is 0 Å². The number of hydrogen-bond acceptors (Lipinski definition) is 5. The minimum atomic E-state index is -0.289. The lowest BCUT2D eigenvalue weighted by Gasteiger charge is -2.35. The molecule has 0 spiro atoms. The van der Waals surface area contributed by atoms with Gasteiger partial charge in [-0.15, -0.1) is 11.3 Å². The lowest BCUT2D eigenvalue weighted by atomic mass is 10.2. The van der Waals surface area contributed by atoms with Crippen LogP contribution in [-0.4, -0.2) is 52.8 Å². The first-order valence-corrected chi connectivity index (χ1v) is 7.12. The summed E-state index contributed by atoms with van der Waals surface area (Å²) in [5.41, 5.74) is 0.802. The van der Waals surface area contributed by atoms with Crippen molar-refractivity contribution in [2.45, 2.75) is 26.1 Å². The lowest BCUT2D eigenvalue weighted by Crippen LogP contribution is -2.49. The highest BCUT2D eigenvalue weighted by Crippen LogP contribution is 2.13. The van der Waals surface area contributed by atoms with E-state index in [4.69, 9.17) is 9.84 Å². The van der Waals surface area contributed by atoms with Crippen molar-refractivity contribution in [1.29, 1.82) is 0 Å². The van der Waals surface area contributed by atoms with Gasteiger partial charge in [-0.3, -0.25) is 4.79 Å². The third-order valence-electron chi connectivity index (χ3n) is 2.88. The molecule has 1 aromatic rings. The topological polar surface area (TPSA) is 62.7 Å². The molecule has 104 valence electrons. The highest BCUT2D eigenvalue weighted by atomic mass is 32.1. The first kappa shape index (κ1) is 14.2. The summed E-state index contributed by atoms with van der Waals surface area (Å²) in [6.45, 7) is 4.74. The van der Waals surface area contributed by atoms with Crippen molar-refractivity contribution < 1.29 is 14.6 Å². The molecule has 1 aliphatic rings. The molecule has 0 saturated carbocycles. The van der Waals surface area contributed by atoms with Crippen molar-refractivity contribution in [3.63, 3.8) is 0 Å². The predicted octanol–water partition coefficient (Wildman–Crippen LogP) is 1.07. The molecule has 1 aliphatic heterocycles. The van der Waals surface area contributed by atoms with Gasteiger partial charge in [0.1, 0.15) is 0 Å². The van der Waals surface area contributed by atoms with Gasteiger partial charge in [0, 0.05) is 24.5 Å². The molecule has 0 bridgehead atoms. The van der Waals surface area contributed by atoms with Gasteiger partial charge in [-0.2, -0.15) is 0 Å². The normalized spacial score (nSPS) is 24.1. The van der Waals surface area contributed by atoms with Crippen molar-refractivity contribution in [1.82, 2.24) is 9.88 Å². The average molecular weight is 282 g/mol. The van der Waals surface area contributed by atoms with Gasteiger partial charge in [0.2, 0.25) is 5.91 Å². The summed E-state index contributed by atoms with van der Waals surface area (Å²) in [6.07, 6.45) is 2.91. The summed E-state index contributed by atoms with van der Waals surface area (Å²) in [5.74, 6) is -0.0701. The second kappa shape index (κ2) is 6.27. The van der Waals surface area contributed by atoms with Crippen LogP contribution in [0.4, 0.5) is 0 Å². The zero-order valence-electron chi connectivity index (χ0n) is 11.1. The van der Waals surface area contributed by atoms with Crippen LogP contribution in [-0.2, 0) is 9.53 Å². The van der Waals surface area contributed by atoms with E-state index in [2.05, 4.69) is 4.98 Å². The SMILES string of the molecule is Cc1nc(/C=C/C(=O)N2CC(C)OC(CO)C2)cs1. The van der Waals surface area contributed by atoms with Crippen molar-refractivity contribution in [3.05, 3.63) is 22.2 Å². The molecule has 1 fully saturated rings. The minimum Gasteiger partial charge on any atom is -0.394 e. The number of hydrogen-bond donors (Lipinski definition) is 1. The highest BCUT2D eigenvalue weighted by Gasteiger charge is 2.26. The molecule has 5 nitrogen and oxygen atoms in total. The third-order valence-corrected chi connectivity index (χ3v) is 3.67. The number of rotatable bonds is 3. The molecule has 19 heavy (non-hydrogen) atoms. The smallest absolute Gasteiger partial charge is 0.246 e. The molecule has 6 heteroatoms. The van der Waals surface area contributed by atoms with E-state index in [0.717, 1.165) is 10.7 Å². The number of nitrogens with zero attached hydrogens (tertiary/aromatic N) is 2. The Kier molecular flexibility index (Phi) is 4.68. The van der Waals surface area contributed by atoms with Crippen LogP contribution in [0.25, 0.3) is 6.08 Å². The van der Waals surface area contributed by atoms with E-state index >= 15 is 0 Å². The maximum Gasteiger partial charge on any atom is 0.246 e. The van der Waals surface area contributed by atoms with Gasteiger partial charge in [0.25, 0.3) is 0 Å². The summed E-state index contributed by atoms with van der Waals surface area (Å²) in [4.78, 5) is 18.0. The Morgan fingerprint density at radius 1 is 1.68 bits per heavy atom. The van der Waals surface area contributed by atoms with Crippen LogP contribution in [0.1, 0.15) is 17.6 Å². The fourth-order valence-corrected chi connectivity index (χ4v) is 2.63. The number of morpholine rings is 1. The van der Waals surface area contributed by atoms with E-state index in [-0.39, 0.29) is 24.7 Å². The van der Waals surface area contributed by atoms with E-state index < -0.39 is 0 Å². The molecule has 0 aliphatic carbocycles. The van der Waals surface area contributed by atoms with Gasteiger partial charge in [0.15, 0.2) is 0 Å². The second-order valence-electron chi connectivity index (χ2n) is 4.62. The van der Waals surface area contributed by atoms with Crippen molar-refractivity contribution >= 4 is 23.3 Å². The molecular formula is C13H18N2O3S. The Bertz CT molecular complexity index is 472. The monoisotopic (exact) mass is 282 g/mol. The summed E-state index contributed by atoms with van der Waals surface area (Å²) in [5, 5.41) is 12.0. The first-order valence-electron chi connectivity index (χ1n) is 6.24. The maximum absolute atomic E-state index is 12.1. The minimum absolute atomic E-state index is 0.0511. The molecule has 0 aromatic carbocycles. The van der Waals surface area contributed by atoms with Crippen molar-refractivity contribution in [3.8, 4) is 0 Å².